The number of carbonyl (C=O) groups is 2. The smallest absolute Gasteiger partial charge is 0.293 e. The average molecular weight is 296 g/mol. The molecule has 0 aliphatic heterocycles. The summed E-state index contributed by atoms with van der Waals surface area (Å²) in [7, 11) is 0. The number of nitrogens with zero attached hydrogens (tertiary/aromatic N) is 6. The van der Waals surface area contributed by atoms with E-state index in [1.807, 2.05) is 9.82 Å². The fraction of sp³-hybridized carbons (Fsp3) is 0.750. The Labute approximate surface area is 109 Å². The van der Waals surface area contributed by atoms with Gasteiger partial charge in [0.25, 0.3) is 0 Å². The van der Waals surface area contributed by atoms with Gasteiger partial charge >= 0.3 is 11.8 Å². The summed E-state index contributed by atoms with van der Waals surface area (Å²) in [4.78, 5) is 25.4. The molecule has 0 aliphatic rings. The Kier molecular flexibility index (Phi) is 6.47. The van der Waals surface area contributed by atoms with E-state index in [9.17, 15) is 27.2 Å². The minimum Gasteiger partial charge on any atom is -0.293 e. The van der Waals surface area contributed by atoms with Crippen LogP contribution in [0.1, 0.15) is 25.7 Å². The molecule has 0 aromatic heterocycles. The summed E-state index contributed by atoms with van der Waals surface area (Å²) in [5.41, 5.74) is 15.7. The molecule has 8 nitrogen and oxygen atoms in total. The fourth-order valence-corrected chi connectivity index (χ4v) is 1.09. The van der Waals surface area contributed by atoms with Crippen molar-refractivity contribution in [2.24, 2.45) is 10.2 Å². The van der Waals surface area contributed by atoms with Gasteiger partial charge in [-0.05, 0) is 21.3 Å². The van der Waals surface area contributed by atoms with Gasteiger partial charge in [-0.15, -0.1) is 0 Å². The van der Waals surface area contributed by atoms with E-state index in [0.29, 0.717) is 0 Å². The zero-order valence-electron chi connectivity index (χ0n) is 9.84. The molecule has 12 heteroatoms. The standard InChI is InChI=1S/C8H8F4N6O2/c9-7(10,3-1-5(19)15-17-13)8(11,12)4-2-6(20)16-18-14/h1-4H2. The van der Waals surface area contributed by atoms with Crippen molar-refractivity contribution < 1.29 is 27.2 Å². The number of carbonyl (C=O) groups excluding carboxylic acids is 2. The van der Waals surface area contributed by atoms with E-state index in [1.54, 1.807) is 0 Å². The van der Waals surface area contributed by atoms with Crippen LogP contribution in [-0.2, 0) is 9.59 Å². The van der Waals surface area contributed by atoms with Crippen molar-refractivity contribution in [1.82, 2.24) is 0 Å². The van der Waals surface area contributed by atoms with Crippen LogP contribution < -0.4 is 0 Å². The van der Waals surface area contributed by atoms with E-state index < -0.39 is 49.3 Å². The van der Waals surface area contributed by atoms with E-state index >= 15 is 0 Å². The van der Waals surface area contributed by atoms with Gasteiger partial charge in [0.1, 0.15) is 0 Å². The summed E-state index contributed by atoms with van der Waals surface area (Å²) in [6.45, 7) is 0. The van der Waals surface area contributed by atoms with Gasteiger partial charge in [-0.3, -0.25) is 9.59 Å². The number of amides is 2. The molecule has 0 saturated carbocycles. The average Bonchev–Trinajstić information content (AvgIpc) is 2.35. The highest BCUT2D eigenvalue weighted by molar-refractivity contribution is 5.77. The third-order valence-corrected chi connectivity index (χ3v) is 2.15. The van der Waals surface area contributed by atoms with E-state index in [0.717, 1.165) is 0 Å². The van der Waals surface area contributed by atoms with Crippen molar-refractivity contribution in [2.45, 2.75) is 37.5 Å². The molecule has 0 unspecified atom stereocenters. The molecule has 0 saturated heterocycles. The topological polar surface area (TPSA) is 132 Å². The Balaban J connectivity index is 4.62. The van der Waals surface area contributed by atoms with Crippen LogP contribution in [0.2, 0.25) is 0 Å². The van der Waals surface area contributed by atoms with Gasteiger partial charge in [0.05, 0.1) is 0 Å². The van der Waals surface area contributed by atoms with Crippen LogP contribution in [-0.4, -0.2) is 23.7 Å². The summed E-state index contributed by atoms with van der Waals surface area (Å²) in [6.07, 6.45) is -5.19. The molecule has 2 amide bonds. The van der Waals surface area contributed by atoms with Crippen molar-refractivity contribution >= 4 is 11.8 Å². The number of rotatable bonds is 7. The highest BCUT2D eigenvalue weighted by Crippen LogP contribution is 2.41. The van der Waals surface area contributed by atoms with Gasteiger partial charge in [-0.2, -0.15) is 17.6 Å². The minimum absolute atomic E-state index is 1.06. The Bertz CT molecular complexity index is 437. The summed E-state index contributed by atoms with van der Waals surface area (Å²) in [5.74, 6) is -11.7. The largest absolute Gasteiger partial charge is 0.310 e. The number of hydrogen-bond donors (Lipinski definition) is 0. The molecule has 0 fully saturated rings. The number of alkyl halides is 4. The van der Waals surface area contributed by atoms with Crippen molar-refractivity contribution in [3.8, 4) is 0 Å². The first-order valence-corrected chi connectivity index (χ1v) is 5.08. The lowest BCUT2D eigenvalue weighted by molar-refractivity contribution is -0.215. The molecule has 0 N–H and O–H groups in total. The van der Waals surface area contributed by atoms with Gasteiger partial charge in [0.2, 0.25) is 11.8 Å². The maximum absolute atomic E-state index is 13.2. The number of azide groups is 2. The number of hydrogen-bond acceptors (Lipinski definition) is 2. The van der Waals surface area contributed by atoms with E-state index in [1.165, 1.54) is 0 Å². The molecular weight excluding hydrogens is 288 g/mol. The van der Waals surface area contributed by atoms with E-state index in [4.69, 9.17) is 11.1 Å². The Hall–Kier alpha value is -2.32. The van der Waals surface area contributed by atoms with Crippen LogP contribution in [0.3, 0.4) is 0 Å². The van der Waals surface area contributed by atoms with E-state index in [2.05, 4.69) is 10.2 Å². The second-order valence-corrected chi connectivity index (χ2v) is 3.58. The Morgan fingerprint density at radius 1 is 0.850 bits per heavy atom. The summed E-state index contributed by atoms with van der Waals surface area (Å²) >= 11 is 0. The van der Waals surface area contributed by atoms with Crippen LogP contribution >= 0.6 is 0 Å². The van der Waals surface area contributed by atoms with Gasteiger partial charge in [-0.25, -0.2) is 0 Å². The Morgan fingerprint density at radius 2 is 1.15 bits per heavy atom. The third kappa shape index (κ3) is 5.55. The monoisotopic (exact) mass is 296 g/mol. The van der Waals surface area contributed by atoms with Crippen LogP contribution in [0.15, 0.2) is 10.2 Å². The van der Waals surface area contributed by atoms with Crippen molar-refractivity contribution in [2.75, 3.05) is 0 Å². The molecule has 0 spiro atoms. The zero-order chi connectivity index (χ0) is 15.8. The minimum atomic E-state index is -4.57. The molecule has 0 bridgehead atoms. The Morgan fingerprint density at radius 3 is 1.40 bits per heavy atom. The molecule has 0 atom stereocenters. The molecule has 0 aromatic carbocycles. The lowest BCUT2D eigenvalue weighted by Crippen LogP contribution is -2.41. The predicted molar refractivity (Wildman–Crippen MR) is 56.7 cm³/mol. The van der Waals surface area contributed by atoms with Crippen LogP contribution in [0.4, 0.5) is 17.6 Å². The maximum Gasteiger partial charge on any atom is 0.310 e. The van der Waals surface area contributed by atoms with Crippen molar-refractivity contribution in [1.29, 1.82) is 0 Å². The molecule has 0 rings (SSSR count). The van der Waals surface area contributed by atoms with Crippen LogP contribution in [0, 0.1) is 0 Å². The molecule has 0 aliphatic carbocycles. The predicted octanol–water partition coefficient (Wildman–Crippen LogP) is 3.49. The molecule has 0 aromatic rings. The second-order valence-electron chi connectivity index (χ2n) is 3.58. The first kappa shape index (κ1) is 17.7. The first-order valence-electron chi connectivity index (χ1n) is 5.08. The van der Waals surface area contributed by atoms with Crippen LogP contribution in [0.5, 0.6) is 0 Å². The lowest BCUT2D eigenvalue weighted by Gasteiger charge is -2.25. The highest BCUT2D eigenvalue weighted by atomic mass is 19.3. The summed E-state index contributed by atoms with van der Waals surface area (Å²) < 4.78 is 52.7. The lowest BCUT2D eigenvalue weighted by atomic mass is 10.0. The fourth-order valence-electron chi connectivity index (χ4n) is 1.09. The molecule has 0 heterocycles. The number of halogens is 4. The van der Waals surface area contributed by atoms with Gasteiger partial charge in [0, 0.05) is 35.5 Å². The quantitative estimate of drug-likeness (QED) is 0.308. The molecule has 0 radical (unpaired) electrons. The highest BCUT2D eigenvalue weighted by Gasteiger charge is 2.55. The maximum atomic E-state index is 13.2. The van der Waals surface area contributed by atoms with Gasteiger partial charge in [0.15, 0.2) is 0 Å². The first-order chi connectivity index (χ1) is 9.16. The van der Waals surface area contributed by atoms with E-state index in [-0.39, 0.29) is 0 Å². The van der Waals surface area contributed by atoms with Gasteiger partial charge < -0.3 is 0 Å². The molecule has 20 heavy (non-hydrogen) atoms. The molecule has 110 valence electrons. The normalized spacial score (nSPS) is 11.2. The van der Waals surface area contributed by atoms with Gasteiger partial charge in [-0.1, -0.05) is 0 Å². The summed E-state index contributed by atoms with van der Waals surface area (Å²) in [5, 5.41) is 4.92. The second kappa shape index (κ2) is 7.31. The summed E-state index contributed by atoms with van der Waals surface area (Å²) in [6, 6.07) is 0. The molecular formula is C8H8F4N6O2. The van der Waals surface area contributed by atoms with Crippen molar-refractivity contribution in [3.05, 3.63) is 20.9 Å². The SMILES string of the molecule is [N-]=[N+]=NC(=O)CCC(F)(F)C(F)(F)CCC(=O)N=[N+]=[N-]. The van der Waals surface area contributed by atoms with Crippen molar-refractivity contribution in [3.63, 3.8) is 0 Å². The zero-order valence-corrected chi connectivity index (χ0v) is 9.84. The third-order valence-electron chi connectivity index (χ3n) is 2.15. The van der Waals surface area contributed by atoms with Crippen LogP contribution in [0.25, 0.3) is 20.9 Å².